The molecule has 2 aliphatic rings. The predicted molar refractivity (Wildman–Crippen MR) is 70.6 cm³/mol. The van der Waals surface area contributed by atoms with Crippen LogP contribution >= 0.6 is 11.5 Å². The van der Waals surface area contributed by atoms with Crippen molar-refractivity contribution >= 4 is 16.7 Å². The average Bonchev–Trinajstić information content (AvgIpc) is 2.81. The molecule has 0 spiro atoms. The van der Waals surface area contributed by atoms with Gasteiger partial charge in [0.25, 0.3) is 0 Å². The Kier molecular flexibility index (Phi) is 3.04. The van der Waals surface area contributed by atoms with Gasteiger partial charge < -0.3 is 10.2 Å². The normalized spacial score (nSPS) is 32.1. The van der Waals surface area contributed by atoms with Crippen molar-refractivity contribution in [1.82, 2.24) is 14.7 Å². The molecule has 0 amide bonds. The summed E-state index contributed by atoms with van der Waals surface area (Å²) in [5.41, 5.74) is 0. The standard InChI is InChI=1S/C12H20N4S/c1-3-13-9-6-10-4-5-11(7-9)16(10)12-14-8(2)15-17-12/h9-11,13H,3-7H2,1-2H3. The molecule has 0 aliphatic carbocycles. The molecule has 2 bridgehead atoms. The van der Waals surface area contributed by atoms with Crippen LogP contribution in [0, 0.1) is 6.92 Å². The molecular weight excluding hydrogens is 232 g/mol. The Morgan fingerprint density at radius 2 is 2.06 bits per heavy atom. The van der Waals surface area contributed by atoms with Gasteiger partial charge in [0.05, 0.1) is 0 Å². The Balaban J connectivity index is 1.76. The number of aromatic nitrogens is 2. The topological polar surface area (TPSA) is 41.0 Å². The summed E-state index contributed by atoms with van der Waals surface area (Å²) in [7, 11) is 0. The molecule has 3 heterocycles. The third-order valence-corrected chi connectivity index (χ3v) is 4.78. The van der Waals surface area contributed by atoms with Crippen LogP contribution < -0.4 is 10.2 Å². The van der Waals surface area contributed by atoms with Crippen molar-refractivity contribution < 1.29 is 0 Å². The second kappa shape index (κ2) is 4.53. The zero-order valence-electron chi connectivity index (χ0n) is 10.5. The molecular formula is C12H20N4S. The number of rotatable bonds is 3. The highest BCUT2D eigenvalue weighted by Crippen LogP contribution is 2.39. The fourth-order valence-corrected chi connectivity index (χ4v) is 4.16. The van der Waals surface area contributed by atoms with Crippen molar-refractivity contribution in [2.24, 2.45) is 0 Å². The van der Waals surface area contributed by atoms with Gasteiger partial charge in [-0.1, -0.05) is 6.92 Å². The summed E-state index contributed by atoms with van der Waals surface area (Å²) in [6.07, 6.45) is 5.18. The van der Waals surface area contributed by atoms with Crippen LogP contribution in [0.25, 0.3) is 0 Å². The molecule has 3 rings (SSSR count). The van der Waals surface area contributed by atoms with Crippen molar-refractivity contribution in [2.75, 3.05) is 11.4 Å². The van der Waals surface area contributed by atoms with Crippen LogP contribution in [0.4, 0.5) is 5.13 Å². The summed E-state index contributed by atoms with van der Waals surface area (Å²) in [5.74, 6) is 0.915. The first-order chi connectivity index (χ1) is 8.28. The molecule has 2 fully saturated rings. The minimum Gasteiger partial charge on any atom is -0.341 e. The minimum absolute atomic E-state index is 0.685. The van der Waals surface area contributed by atoms with Crippen LogP contribution in [0.3, 0.4) is 0 Å². The smallest absolute Gasteiger partial charge is 0.205 e. The molecule has 0 saturated carbocycles. The molecule has 2 saturated heterocycles. The van der Waals surface area contributed by atoms with Gasteiger partial charge in [-0.15, -0.1) is 0 Å². The van der Waals surface area contributed by atoms with E-state index < -0.39 is 0 Å². The fourth-order valence-electron chi connectivity index (χ4n) is 3.34. The van der Waals surface area contributed by atoms with Gasteiger partial charge in [0.15, 0.2) is 0 Å². The highest BCUT2D eigenvalue weighted by Gasteiger charge is 2.41. The number of nitrogens with one attached hydrogen (secondary N) is 1. The summed E-state index contributed by atoms with van der Waals surface area (Å²) in [6.45, 7) is 5.26. The predicted octanol–water partition coefficient (Wildman–Crippen LogP) is 1.96. The first kappa shape index (κ1) is 11.4. The fraction of sp³-hybridized carbons (Fsp3) is 0.833. The second-order valence-electron chi connectivity index (χ2n) is 5.14. The maximum atomic E-state index is 4.56. The van der Waals surface area contributed by atoms with E-state index in [2.05, 4.69) is 26.5 Å². The number of nitrogens with zero attached hydrogens (tertiary/aromatic N) is 3. The number of fused-ring (bicyclic) bond motifs is 2. The minimum atomic E-state index is 0.685. The molecule has 2 unspecified atom stereocenters. The number of piperidine rings is 1. The quantitative estimate of drug-likeness (QED) is 0.893. The Labute approximate surface area is 107 Å². The van der Waals surface area contributed by atoms with Crippen LogP contribution in [-0.2, 0) is 0 Å². The lowest BCUT2D eigenvalue weighted by molar-refractivity contribution is 0.361. The summed E-state index contributed by atoms with van der Waals surface area (Å²) in [4.78, 5) is 7.10. The zero-order valence-corrected chi connectivity index (χ0v) is 11.3. The van der Waals surface area contributed by atoms with Crippen LogP contribution in [0.2, 0.25) is 0 Å². The zero-order chi connectivity index (χ0) is 11.8. The van der Waals surface area contributed by atoms with E-state index in [9.17, 15) is 0 Å². The Morgan fingerprint density at radius 3 is 2.59 bits per heavy atom. The van der Waals surface area contributed by atoms with Crippen molar-refractivity contribution in [1.29, 1.82) is 0 Å². The summed E-state index contributed by atoms with van der Waals surface area (Å²) in [5, 5.41) is 4.75. The number of anilines is 1. The van der Waals surface area contributed by atoms with E-state index in [1.807, 2.05) is 6.92 Å². The molecule has 0 radical (unpaired) electrons. The van der Waals surface area contributed by atoms with E-state index in [1.54, 1.807) is 11.5 Å². The average molecular weight is 252 g/mol. The Morgan fingerprint density at radius 1 is 1.35 bits per heavy atom. The van der Waals surface area contributed by atoms with E-state index in [1.165, 1.54) is 25.7 Å². The monoisotopic (exact) mass is 252 g/mol. The maximum Gasteiger partial charge on any atom is 0.205 e. The highest BCUT2D eigenvalue weighted by atomic mass is 32.1. The lowest BCUT2D eigenvalue weighted by Gasteiger charge is -2.38. The molecule has 94 valence electrons. The number of hydrogen-bond acceptors (Lipinski definition) is 5. The van der Waals surface area contributed by atoms with E-state index in [0.29, 0.717) is 18.1 Å². The number of hydrogen-bond donors (Lipinski definition) is 1. The molecule has 1 N–H and O–H groups in total. The third kappa shape index (κ3) is 2.06. The van der Waals surface area contributed by atoms with E-state index in [-0.39, 0.29) is 0 Å². The van der Waals surface area contributed by atoms with Gasteiger partial charge in [-0.05, 0) is 39.2 Å². The van der Waals surface area contributed by atoms with Gasteiger partial charge in [-0.2, -0.15) is 4.37 Å². The van der Waals surface area contributed by atoms with Gasteiger partial charge in [0.1, 0.15) is 5.82 Å². The molecule has 1 aromatic heterocycles. The van der Waals surface area contributed by atoms with Gasteiger partial charge >= 0.3 is 0 Å². The van der Waals surface area contributed by atoms with Gasteiger partial charge in [-0.25, -0.2) is 4.98 Å². The van der Waals surface area contributed by atoms with Gasteiger partial charge in [-0.3, -0.25) is 0 Å². The SMILES string of the molecule is CCNC1CC2CCC(C1)N2c1nc(C)ns1. The van der Waals surface area contributed by atoms with Crippen LogP contribution in [0.5, 0.6) is 0 Å². The van der Waals surface area contributed by atoms with E-state index in [0.717, 1.165) is 17.5 Å². The molecule has 17 heavy (non-hydrogen) atoms. The Hall–Kier alpha value is -0.680. The Bertz CT molecular complexity index is 378. The first-order valence-electron chi connectivity index (χ1n) is 6.60. The molecule has 5 heteroatoms. The van der Waals surface area contributed by atoms with Crippen molar-refractivity contribution in [2.45, 2.75) is 57.7 Å². The third-order valence-electron chi connectivity index (χ3n) is 3.96. The first-order valence-corrected chi connectivity index (χ1v) is 7.37. The second-order valence-corrected chi connectivity index (χ2v) is 5.87. The lowest BCUT2D eigenvalue weighted by Crippen LogP contribution is -2.49. The highest BCUT2D eigenvalue weighted by molar-refractivity contribution is 7.09. The molecule has 4 nitrogen and oxygen atoms in total. The van der Waals surface area contributed by atoms with Gasteiger partial charge in [0, 0.05) is 29.7 Å². The molecule has 1 aromatic rings. The van der Waals surface area contributed by atoms with Crippen molar-refractivity contribution in [3.05, 3.63) is 5.82 Å². The van der Waals surface area contributed by atoms with Gasteiger partial charge in [0.2, 0.25) is 5.13 Å². The van der Waals surface area contributed by atoms with Crippen LogP contribution in [-0.4, -0.2) is 34.0 Å². The lowest BCUT2D eigenvalue weighted by atomic mass is 9.98. The summed E-state index contributed by atoms with van der Waals surface area (Å²) < 4.78 is 4.32. The van der Waals surface area contributed by atoms with E-state index in [4.69, 9.17) is 0 Å². The van der Waals surface area contributed by atoms with E-state index >= 15 is 0 Å². The molecule has 2 aliphatic heterocycles. The molecule has 2 atom stereocenters. The van der Waals surface area contributed by atoms with Crippen molar-refractivity contribution in [3.63, 3.8) is 0 Å². The van der Waals surface area contributed by atoms with Crippen molar-refractivity contribution in [3.8, 4) is 0 Å². The summed E-state index contributed by atoms with van der Waals surface area (Å²) in [6, 6.07) is 2.08. The maximum absolute atomic E-state index is 4.56. The largest absolute Gasteiger partial charge is 0.341 e. The van der Waals surface area contributed by atoms with Crippen LogP contribution in [0.15, 0.2) is 0 Å². The van der Waals surface area contributed by atoms with Crippen LogP contribution in [0.1, 0.15) is 38.4 Å². The summed E-state index contributed by atoms with van der Waals surface area (Å²) >= 11 is 1.56. The molecule has 0 aromatic carbocycles. The number of aryl methyl sites for hydroxylation is 1.